The second-order valence-electron chi connectivity index (χ2n) is 9.49. The van der Waals surface area contributed by atoms with E-state index in [0.717, 1.165) is 0 Å². The van der Waals surface area contributed by atoms with Crippen LogP contribution < -0.4 is 10.7 Å². The van der Waals surface area contributed by atoms with Gasteiger partial charge in [0.05, 0.1) is 0 Å². The summed E-state index contributed by atoms with van der Waals surface area (Å²) in [5, 5.41) is 38.1. The minimum absolute atomic E-state index is 0.0568. The first-order valence-corrected chi connectivity index (χ1v) is 11.5. The van der Waals surface area contributed by atoms with Crippen molar-refractivity contribution in [2.24, 2.45) is 23.7 Å². The molecule has 10 heteroatoms. The molecule has 0 fully saturated rings. The topological polar surface area (TPSA) is 136 Å². The minimum atomic E-state index is -0.308. The van der Waals surface area contributed by atoms with Crippen LogP contribution >= 0.6 is 0 Å². The molecule has 0 aromatic carbocycles. The molecule has 0 radical (unpaired) electrons. The van der Waals surface area contributed by atoms with Crippen LogP contribution in [0.25, 0.3) is 11.5 Å². The molecule has 0 saturated carbocycles. The third-order valence-corrected chi connectivity index (χ3v) is 5.30. The fourth-order valence-corrected chi connectivity index (χ4v) is 3.24. The number of ketones is 2. The fraction of sp³-hybridized carbons (Fsp3) is 0.652. The van der Waals surface area contributed by atoms with Crippen molar-refractivity contribution in [3.63, 3.8) is 0 Å². The Bertz CT molecular complexity index is 1120. The summed E-state index contributed by atoms with van der Waals surface area (Å²) in [5.41, 5.74) is 0.334. The lowest BCUT2D eigenvalue weighted by Gasteiger charge is -2.10. The molecule has 0 unspecified atom stereocenters. The van der Waals surface area contributed by atoms with Crippen molar-refractivity contribution >= 4 is 23.1 Å². The van der Waals surface area contributed by atoms with E-state index in [1.54, 1.807) is 32.4 Å². The predicted molar refractivity (Wildman–Crippen MR) is 124 cm³/mol. The van der Waals surface area contributed by atoms with Gasteiger partial charge in [-0.1, -0.05) is 65.8 Å². The molecule has 2 heterocycles. The van der Waals surface area contributed by atoms with E-state index >= 15 is 0 Å². The highest BCUT2D eigenvalue weighted by Gasteiger charge is 2.28. The van der Waals surface area contributed by atoms with E-state index in [-0.39, 0.29) is 63.5 Å². The van der Waals surface area contributed by atoms with Crippen LogP contribution in [0.2, 0.25) is 0 Å². The number of aromatic nitrogens is 6. The van der Waals surface area contributed by atoms with Crippen LogP contribution in [-0.2, 0) is 13.1 Å². The van der Waals surface area contributed by atoms with Crippen molar-refractivity contribution < 1.29 is 19.8 Å². The zero-order valence-electron chi connectivity index (χ0n) is 20.8. The van der Waals surface area contributed by atoms with Gasteiger partial charge < -0.3 is 10.2 Å². The van der Waals surface area contributed by atoms with E-state index in [1.165, 1.54) is 4.68 Å². The summed E-state index contributed by atoms with van der Waals surface area (Å²) in [6.07, 6.45) is 0.487. The number of aliphatic hydroxyl groups is 2. The van der Waals surface area contributed by atoms with E-state index < -0.39 is 0 Å². The van der Waals surface area contributed by atoms with Crippen molar-refractivity contribution in [2.75, 3.05) is 0 Å². The third-order valence-electron chi connectivity index (χ3n) is 5.30. The zero-order valence-corrected chi connectivity index (χ0v) is 20.8. The number of Topliss-reactive ketones (excluding diaryl/α,β-unsaturated/α-hetero) is 2. The number of nitrogens with zero attached hydrogens (tertiary/aromatic N) is 6. The number of aliphatic hydroxyl groups excluding tert-OH is 2. The van der Waals surface area contributed by atoms with E-state index in [2.05, 4.69) is 20.6 Å². The maximum atomic E-state index is 12.8. The number of carbonyl (C=O) groups is 2. The van der Waals surface area contributed by atoms with Crippen LogP contribution in [0.15, 0.2) is 0 Å². The van der Waals surface area contributed by atoms with E-state index in [4.69, 9.17) is 0 Å². The van der Waals surface area contributed by atoms with Gasteiger partial charge in [0.15, 0.2) is 22.6 Å². The van der Waals surface area contributed by atoms with Gasteiger partial charge in [-0.15, -0.1) is 10.2 Å². The molecular weight excluding hydrogens is 424 g/mol. The summed E-state index contributed by atoms with van der Waals surface area (Å²) in [7, 11) is 0. The van der Waals surface area contributed by atoms with Crippen LogP contribution in [0.3, 0.4) is 0 Å². The lowest BCUT2D eigenvalue weighted by Crippen LogP contribution is -2.37. The van der Waals surface area contributed by atoms with Gasteiger partial charge in [0, 0.05) is 36.8 Å². The first-order valence-electron chi connectivity index (χ1n) is 11.5. The van der Waals surface area contributed by atoms with Crippen LogP contribution in [0.4, 0.5) is 0 Å². The molecule has 0 saturated heterocycles. The van der Waals surface area contributed by atoms with Gasteiger partial charge >= 0.3 is 0 Å². The molecule has 2 aromatic rings. The third kappa shape index (κ3) is 5.66. The van der Waals surface area contributed by atoms with Gasteiger partial charge in [-0.05, 0) is 6.42 Å². The second-order valence-corrected chi connectivity index (χ2v) is 9.49. The van der Waals surface area contributed by atoms with Gasteiger partial charge in [0.2, 0.25) is 0 Å². The SMILES string of the molecule is CC(C)C(=O)c1nnn(CCCn2nnc(=C(\O)C(C)C)/c2=C(/O)C(C)C)c1C(=O)C(C)C. The largest absolute Gasteiger partial charge is 0.510 e. The monoisotopic (exact) mass is 460 g/mol. The first-order chi connectivity index (χ1) is 15.4. The highest BCUT2D eigenvalue weighted by molar-refractivity contribution is 6.07. The fourth-order valence-electron chi connectivity index (χ4n) is 3.24. The van der Waals surface area contributed by atoms with Crippen molar-refractivity contribution in [3.8, 4) is 0 Å². The van der Waals surface area contributed by atoms with Crippen molar-refractivity contribution in [1.82, 2.24) is 30.0 Å². The number of carbonyl (C=O) groups excluding carboxylic acids is 2. The molecule has 0 spiro atoms. The maximum Gasteiger partial charge on any atom is 0.188 e. The predicted octanol–water partition coefficient (Wildman–Crippen LogP) is 2.28. The normalized spacial score (nSPS) is 13.9. The van der Waals surface area contributed by atoms with Crippen molar-refractivity contribution in [1.29, 1.82) is 0 Å². The standard InChI is InChI=1S/C23H36N6O4/c1-12(2)20(30)16-18(22(32)14(5)6)28(26-24-16)10-9-11-29-19(23(33)15(7)8)17(25-27-29)21(31)13(3)4/h12-15,30,32H,9-11H2,1-8H3/b20-16-,22-18-. The molecule has 0 aliphatic carbocycles. The highest BCUT2D eigenvalue weighted by Crippen LogP contribution is 2.16. The number of aryl methyl sites for hydroxylation is 2. The second kappa shape index (κ2) is 10.7. The summed E-state index contributed by atoms with van der Waals surface area (Å²) in [6.45, 7) is 15.1. The summed E-state index contributed by atoms with van der Waals surface area (Å²) >= 11 is 0. The molecule has 182 valence electrons. The van der Waals surface area contributed by atoms with Crippen molar-refractivity contribution in [3.05, 3.63) is 22.1 Å². The molecular formula is C23H36N6O4. The summed E-state index contributed by atoms with van der Waals surface area (Å²) in [6, 6.07) is 0. The Kier molecular flexibility index (Phi) is 8.51. The summed E-state index contributed by atoms with van der Waals surface area (Å²) < 4.78 is 3.02. The van der Waals surface area contributed by atoms with Crippen LogP contribution in [-0.4, -0.2) is 51.8 Å². The summed E-state index contributed by atoms with van der Waals surface area (Å²) in [5.74, 6) is -1.23. The van der Waals surface area contributed by atoms with Gasteiger partial charge in [-0.25, -0.2) is 9.36 Å². The van der Waals surface area contributed by atoms with Crippen molar-refractivity contribution in [2.45, 2.75) is 74.9 Å². The number of hydrogen-bond donors (Lipinski definition) is 2. The molecule has 0 bridgehead atoms. The molecule has 33 heavy (non-hydrogen) atoms. The molecule has 0 aliphatic rings. The smallest absolute Gasteiger partial charge is 0.188 e. The first kappa shape index (κ1) is 26.2. The Morgan fingerprint density at radius 2 is 1.24 bits per heavy atom. The molecule has 0 atom stereocenters. The van der Waals surface area contributed by atoms with Crippen LogP contribution in [0.5, 0.6) is 0 Å². The minimum Gasteiger partial charge on any atom is -0.510 e. The van der Waals surface area contributed by atoms with E-state index in [1.807, 2.05) is 27.7 Å². The van der Waals surface area contributed by atoms with E-state index in [0.29, 0.717) is 24.9 Å². The highest BCUT2D eigenvalue weighted by atomic mass is 16.3. The van der Waals surface area contributed by atoms with Gasteiger partial charge in [0.1, 0.15) is 22.6 Å². The molecule has 10 nitrogen and oxygen atoms in total. The average Bonchev–Trinajstić information content (AvgIpc) is 3.35. The molecule has 2 aromatic heterocycles. The van der Waals surface area contributed by atoms with Crippen LogP contribution in [0, 0.1) is 23.7 Å². The van der Waals surface area contributed by atoms with Crippen LogP contribution in [0.1, 0.15) is 82.8 Å². The van der Waals surface area contributed by atoms with Gasteiger partial charge in [-0.3, -0.25) is 9.59 Å². The Morgan fingerprint density at radius 1 is 0.727 bits per heavy atom. The lowest BCUT2D eigenvalue weighted by molar-refractivity contribution is 0.0896. The molecule has 2 rings (SSSR count). The quantitative estimate of drug-likeness (QED) is 0.515. The molecule has 0 amide bonds. The average molecular weight is 461 g/mol. The molecule has 2 N–H and O–H groups in total. The number of rotatable bonds is 10. The Morgan fingerprint density at radius 3 is 1.76 bits per heavy atom. The Labute approximate surface area is 194 Å². The van der Waals surface area contributed by atoms with E-state index in [9.17, 15) is 19.8 Å². The van der Waals surface area contributed by atoms with Gasteiger partial charge in [-0.2, -0.15) is 0 Å². The Hall–Kier alpha value is -3.04. The summed E-state index contributed by atoms with van der Waals surface area (Å²) in [4.78, 5) is 25.4. The zero-order chi connectivity index (χ0) is 25.0. The Balaban J connectivity index is 2.41. The molecule has 0 aliphatic heterocycles. The van der Waals surface area contributed by atoms with Gasteiger partial charge in [0.25, 0.3) is 0 Å². The maximum absolute atomic E-state index is 12.8. The number of hydrogen-bond acceptors (Lipinski definition) is 8. The lowest BCUT2D eigenvalue weighted by atomic mass is 9.99.